The Bertz CT molecular complexity index is 350. The second-order valence-corrected chi connectivity index (χ2v) is 5.03. The third-order valence-corrected chi connectivity index (χ3v) is 3.86. The Morgan fingerprint density at radius 1 is 1.27 bits per heavy atom. The highest BCUT2D eigenvalue weighted by molar-refractivity contribution is 5.31. The van der Waals surface area contributed by atoms with Crippen molar-refractivity contribution in [3.63, 3.8) is 0 Å². The van der Waals surface area contributed by atoms with Crippen molar-refractivity contribution in [1.29, 1.82) is 0 Å². The molecule has 0 bridgehead atoms. The lowest BCUT2D eigenvalue weighted by Crippen LogP contribution is -2.33. The molecule has 82 valence electrons. The van der Waals surface area contributed by atoms with Gasteiger partial charge in [-0.2, -0.15) is 5.10 Å². The van der Waals surface area contributed by atoms with Gasteiger partial charge >= 0.3 is 0 Å². The molecular formula is C12H19N3. The van der Waals surface area contributed by atoms with E-state index >= 15 is 0 Å². The Labute approximate surface area is 90.7 Å². The first-order chi connectivity index (χ1) is 7.34. The normalized spacial score (nSPS) is 26.9. The molecule has 3 heteroatoms. The van der Waals surface area contributed by atoms with E-state index in [4.69, 9.17) is 0 Å². The molecule has 2 heterocycles. The summed E-state index contributed by atoms with van der Waals surface area (Å²) in [5.74, 6) is 0.736. The molecule has 2 aliphatic rings. The Balaban J connectivity index is 1.90. The van der Waals surface area contributed by atoms with Crippen LogP contribution < -0.4 is 5.32 Å². The standard InChI is InChI=1S/C12H19N3/c1-8-6-11-10(7-13-8)12(15-14-11)9-4-2-3-5-9/h8-9,13H,2-7H2,1H3,(H,14,15)/t8-/m0/s1. The summed E-state index contributed by atoms with van der Waals surface area (Å²) in [6.45, 7) is 3.25. The number of rotatable bonds is 1. The zero-order valence-electron chi connectivity index (χ0n) is 9.34. The van der Waals surface area contributed by atoms with Crippen LogP contribution in [0, 0.1) is 0 Å². The Hall–Kier alpha value is -0.830. The molecule has 1 fully saturated rings. The molecule has 3 rings (SSSR count). The summed E-state index contributed by atoms with van der Waals surface area (Å²) in [5.41, 5.74) is 4.21. The van der Waals surface area contributed by atoms with Crippen LogP contribution >= 0.6 is 0 Å². The molecule has 1 aromatic heterocycles. The predicted octanol–water partition coefficient (Wildman–Crippen LogP) is 2.10. The molecule has 0 aromatic carbocycles. The molecule has 2 N–H and O–H groups in total. The van der Waals surface area contributed by atoms with Crippen LogP contribution in [0.4, 0.5) is 0 Å². The Morgan fingerprint density at radius 3 is 2.87 bits per heavy atom. The minimum atomic E-state index is 0.592. The van der Waals surface area contributed by atoms with Gasteiger partial charge in [-0.3, -0.25) is 5.10 Å². The maximum absolute atomic E-state index is 4.55. The molecule has 1 saturated carbocycles. The fraction of sp³-hybridized carbons (Fsp3) is 0.750. The van der Waals surface area contributed by atoms with Gasteiger partial charge < -0.3 is 5.32 Å². The van der Waals surface area contributed by atoms with Crippen molar-refractivity contribution in [2.45, 2.75) is 57.5 Å². The van der Waals surface area contributed by atoms with E-state index in [1.54, 1.807) is 0 Å². The molecule has 0 amide bonds. The van der Waals surface area contributed by atoms with Crippen molar-refractivity contribution in [2.75, 3.05) is 0 Å². The van der Waals surface area contributed by atoms with Gasteiger partial charge in [0.25, 0.3) is 0 Å². The van der Waals surface area contributed by atoms with E-state index in [0.29, 0.717) is 6.04 Å². The van der Waals surface area contributed by atoms with Crippen molar-refractivity contribution in [3.8, 4) is 0 Å². The van der Waals surface area contributed by atoms with Gasteiger partial charge in [0.15, 0.2) is 0 Å². The summed E-state index contributed by atoms with van der Waals surface area (Å²) in [6, 6.07) is 0.592. The van der Waals surface area contributed by atoms with Crippen LogP contribution in [0.25, 0.3) is 0 Å². The van der Waals surface area contributed by atoms with Crippen LogP contribution in [-0.4, -0.2) is 16.2 Å². The lowest BCUT2D eigenvalue weighted by Gasteiger charge is -2.21. The van der Waals surface area contributed by atoms with Crippen LogP contribution in [0.1, 0.15) is 55.5 Å². The van der Waals surface area contributed by atoms with Gasteiger partial charge in [0, 0.05) is 36.2 Å². The summed E-state index contributed by atoms with van der Waals surface area (Å²) in [5, 5.41) is 11.3. The van der Waals surface area contributed by atoms with E-state index in [9.17, 15) is 0 Å². The average molecular weight is 205 g/mol. The molecule has 0 spiro atoms. The highest BCUT2D eigenvalue weighted by atomic mass is 15.1. The molecule has 3 nitrogen and oxygen atoms in total. The number of H-pyrrole nitrogens is 1. The summed E-state index contributed by atoms with van der Waals surface area (Å²) >= 11 is 0. The third-order valence-electron chi connectivity index (χ3n) is 3.86. The van der Waals surface area contributed by atoms with E-state index in [-0.39, 0.29) is 0 Å². The van der Waals surface area contributed by atoms with E-state index in [1.165, 1.54) is 42.6 Å². The fourth-order valence-electron chi connectivity index (χ4n) is 2.97. The number of aromatic amines is 1. The van der Waals surface area contributed by atoms with Gasteiger partial charge in [-0.1, -0.05) is 12.8 Å². The van der Waals surface area contributed by atoms with E-state index in [0.717, 1.165) is 18.9 Å². The first-order valence-electron chi connectivity index (χ1n) is 6.14. The van der Waals surface area contributed by atoms with Gasteiger partial charge in [0.1, 0.15) is 0 Å². The average Bonchev–Trinajstić information content (AvgIpc) is 2.82. The topological polar surface area (TPSA) is 40.7 Å². The Morgan fingerprint density at radius 2 is 2.07 bits per heavy atom. The minimum Gasteiger partial charge on any atom is -0.310 e. The molecule has 15 heavy (non-hydrogen) atoms. The second kappa shape index (κ2) is 3.63. The van der Waals surface area contributed by atoms with Crippen molar-refractivity contribution >= 4 is 0 Å². The number of fused-ring (bicyclic) bond motifs is 1. The first kappa shape index (κ1) is 9.40. The van der Waals surface area contributed by atoms with Gasteiger partial charge in [-0.25, -0.2) is 0 Å². The first-order valence-corrected chi connectivity index (χ1v) is 6.14. The van der Waals surface area contributed by atoms with Crippen molar-refractivity contribution in [2.24, 2.45) is 0 Å². The van der Waals surface area contributed by atoms with Gasteiger partial charge in [0.05, 0.1) is 5.69 Å². The van der Waals surface area contributed by atoms with Crippen LogP contribution in [0.2, 0.25) is 0 Å². The minimum absolute atomic E-state index is 0.592. The zero-order valence-corrected chi connectivity index (χ0v) is 9.34. The maximum atomic E-state index is 4.55. The summed E-state index contributed by atoms with van der Waals surface area (Å²) in [6.07, 6.45) is 6.56. The molecule has 0 unspecified atom stereocenters. The van der Waals surface area contributed by atoms with Gasteiger partial charge in [-0.05, 0) is 19.8 Å². The molecule has 1 aliphatic carbocycles. The van der Waals surface area contributed by atoms with Crippen LogP contribution in [0.3, 0.4) is 0 Å². The maximum Gasteiger partial charge on any atom is 0.0700 e. The van der Waals surface area contributed by atoms with Crippen LogP contribution in [-0.2, 0) is 13.0 Å². The monoisotopic (exact) mass is 205 g/mol. The lowest BCUT2D eigenvalue weighted by atomic mass is 9.95. The molecular weight excluding hydrogens is 186 g/mol. The van der Waals surface area contributed by atoms with Crippen LogP contribution in [0.5, 0.6) is 0 Å². The quantitative estimate of drug-likeness (QED) is 0.737. The summed E-state index contributed by atoms with van der Waals surface area (Å²) in [7, 11) is 0. The number of aromatic nitrogens is 2. The second-order valence-electron chi connectivity index (χ2n) is 5.03. The molecule has 1 aliphatic heterocycles. The van der Waals surface area contributed by atoms with Crippen molar-refractivity contribution in [3.05, 3.63) is 17.0 Å². The smallest absolute Gasteiger partial charge is 0.0700 e. The number of hydrogen-bond donors (Lipinski definition) is 2. The summed E-state index contributed by atoms with van der Waals surface area (Å²) < 4.78 is 0. The van der Waals surface area contributed by atoms with E-state index < -0.39 is 0 Å². The molecule has 1 atom stereocenters. The van der Waals surface area contributed by atoms with Crippen molar-refractivity contribution < 1.29 is 0 Å². The number of nitrogens with zero attached hydrogens (tertiary/aromatic N) is 1. The highest BCUT2D eigenvalue weighted by Crippen LogP contribution is 2.36. The highest BCUT2D eigenvalue weighted by Gasteiger charge is 2.26. The SMILES string of the molecule is C[C@H]1Cc2[nH]nc(C3CCCC3)c2CN1. The fourth-order valence-corrected chi connectivity index (χ4v) is 2.97. The van der Waals surface area contributed by atoms with Gasteiger partial charge in [0.2, 0.25) is 0 Å². The molecule has 0 radical (unpaired) electrons. The molecule has 1 aromatic rings. The number of nitrogens with one attached hydrogen (secondary N) is 2. The van der Waals surface area contributed by atoms with E-state index in [2.05, 4.69) is 22.4 Å². The Kier molecular flexibility index (Phi) is 2.28. The zero-order chi connectivity index (χ0) is 10.3. The summed E-state index contributed by atoms with van der Waals surface area (Å²) in [4.78, 5) is 0. The number of hydrogen-bond acceptors (Lipinski definition) is 2. The molecule has 0 saturated heterocycles. The van der Waals surface area contributed by atoms with E-state index in [1.807, 2.05) is 0 Å². The lowest BCUT2D eigenvalue weighted by molar-refractivity contribution is 0.505. The largest absolute Gasteiger partial charge is 0.310 e. The predicted molar refractivity (Wildman–Crippen MR) is 59.8 cm³/mol. The van der Waals surface area contributed by atoms with Crippen LogP contribution in [0.15, 0.2) is 0 Å². The van der Waals surface area contributed by atoms with Gasteiger partial charge in [-0.15, -0.1) is 0 Å². The third kappa shape index (κ3) is 1.59. The van der Waals surface area contributed by atoms with Crippen molar-refractivity contribution in [1.82, 2.24) is 15.5 Å².